The second-order valence-corrected chi connectivity index (χ2v) is 5.50. The Kier molecular flexibility index (Phi) is 5.34. The van der Waals surface area contributed by atoms with Gasteiger partial charge in [-0.2, -0.15) is 0 Å². The molecule has 2 aromatic rings. The smallest absolute Gasteiger partial charge is 0.259 e. The van der Waals surface area contributed by atoms with Crippen LogP contribution in [0.15, 0.2) is 60.7 Å². The first-order chi connectivity index (χ1) is 10.6. The summed E-state index contributed by atoms with van der Waals surface area (Å²) in [6, 6.07) is 19.7. The maximum Gasteiger partial charge on any atom is 0.259 e. The summed E-state index contributed by atoms with van der Waals surface area (Å²) in [6.07, 6.45) is 0.625. The molecule has 0 aromatic heterocycles. The van der Waals surface area contributed by atoms with Crippen LogP contribution in [0.1, 0.15) is 25.8 Å². The van der Waals surface area contributed by atoms with Crippen molar-refractivity contribution >= 4 is 11.6 Å². The fraction of sp³-hybridized carbons (Fsp3) is 0.316. The normalized spacial score (nSPS) is 13.4. The quantitative estimate of drug-likeness (QED) is 0.805. The molecule has 1 unspecified atom stereocenters. The Morgan fingerprint density at radius 2 is 1.59 bits per heavy atom. The number of para-hydroxylation sites is 1. The molecule has 0 fully saturated rings. The van der Waals surface area contributed by atoms with Crippen LogP contribution in [0.3, 0.4) is 0 Å². The van der Waals surface area contributed by atoms with Crippen LogP contribution in [-0.4, -0.2) is 18.6 Å². The molecule has 0 radical (unpaired) electrons. The summed E-state index contributed by atoms with van der Waals surface area (Å²) in [5.41, 5.74) is 1.16. The number of carbonyl (C=O) groups excluding carboxylic acids is 1. The van der Waals surface area contributed by atoms with Crippen molar-refractivity contribution in [3.8, 4) is 0 Å². The Hall–Kier alpha value is -2.13. The van der Waals surface area contributed by atoms with Crippen molar-refractivity contribution < 1.29 is 9.53 Å². The molecular formula is C19H23NO2. The van der Waals surface area contributed by atoms with Crippen LogP contribution < -0.4 is 4.90 Å². The summed E-state index contributed by atoms with van der Waals surface area (Å²) in [5.74, 6) is -0.0208. The number of rotatable bonds is 6. The zero-order valence-electron chi connectivity index (χ0n) is 13.5. The van der Waals surface area contributed by atoms with E-state index in [1.807, 2.05) is 74.5 Å². The molecule has 0 saturated carbocycles. The molecule has 1 atom stereocenters. The topological polar surface area (TPSA) is 29.5 Å². The highest BCUT2D eigenvalue weighted by Gasteiger charge is 2.35. The van der Waals surface area contributed by atoms with Crippen molar-refractivity contribution in [1.82, 2.24) is 0 Å². The molecule has 0 N–H and O–H groups in total. The third kappa shape index (κ3) is 3.55. The van der Waals surface area contributed by atoms with Gasteiger partial charge >= 0.3 is 0 Å². The van der Waals surface area contributed by atoms with Crippen LogP contribution in [0.5, 0.6) is 0 Å². The Morgan fingerprint density at radius 1 is 1.05 bits per heavy atom. The highest BCUT2D eigenvalue weighted by molar-refractivity contribution is 5.99. The Labute approximate surface area is 132 Å². The zero-order valence-corrected chi connectivity index (χ0v) is 13.5. The second kappa shape index (κ2) is 7.23. The van der Waals surface area contributed by atoms with Crippen LogP contribution in [0.4, 0.5) is 5.69 Å². The van der Waals surface area contributed by atoms with E-state index in [0.29, 0.717) is 13.0 Å². The third-order valence-corrected chi connectivity index (χ3v) is 4.07. The van der Waals surface area contributed by atoms with E-state index in [4.69, 9.17) is 4.74 Å². The van der Waals surface area contributed by atoms with Gasteiger partial charge in [0.05, 0.1) is 6.54 Å². The minimum absolute atomic E-state index is 0.0208. The van der Waals surface area contributed by atoms with Crippen LogP contribution in [0.25, 0.3) is 0 Å². The van der Waals surface area contributed by atoms with Gasteiger partial charge in [-0.25, -0.2) is 0 Å². The molecule has 116 valence electrons. The molecule has 2 rings (SSSR count). The fourth-order valence-electron chi connectivity index (χ4n) is 2.32. The standard InChI is InChI=1S/C19H23NO2/c1-4-19(2,22-3)18(21)20(17-13-9-6-10-14-17)15-16-11-7-5-8-12-16/h5-14H,4,15H2,1-3H3. The predicted molar refractivity (Wildman–Crippen MR) is 89.8 cm³/mol. The first-order valence-corrected chi connectivity index (χ1v) is 7.57. The van der Waals surface area contributed by atoms with Crippen molar-refractivity contribution in [2.45, 2.75) is 32.4 Å². The van der Waals surface area contributed by atoms with Gasteiger partial charge in [0.15, 0.2) is 0 Å². The molecule has 0 aliphatic carbocycles. The van der Waals surface area contributed by atoms with Crippen molar-refractivity contribution in [1.29, 1.82) is 0 Å². The molecule has 0 aliphatic rings. The summed E-state index contributed by atoms with van der Waals surface area (Å²) in [5, 5.41) is 0. The molecule has 1 amide bonds. The molecule has 22 heavy (non-hydrogen) atoms. The van der Waals surface area contributed by atoms with Gasteiger partial charge in [-0.15, -0.1) is 0 Å². The minimum Gasteiger partial charge on any atom is -0.369 e. The Bertz CT molecular complexity index is 591. The van der Waals surface area contributed by atoms with E-state index in [1.54, 1.807) is 12.0 Å². The molecule has 0 spiro atoms. The average Bonchev–Trinajstić information content (AvgIpc) is 2.60. The molecule has 3 nitrogen and oxygen atoms in total. The number of amides is 1. The lowest BCUT2D eigenvalue weighted by molar-refractivity contribution is -0.139. The maximum absolute atomic E-state index is 13.0. The Balaban J connectivity index is 2.36. The number of ether oxygens (including phenoxy) is 1. The number of nitrogens with zero attached hydrogens (tertiary/aromatic N) is 1. The van der Waals surface area contributed by atoms with Gasteiger partial charge in [0.2, 0.25) is 0 Å². The summed E-state index contributed by atoms with van der Waals surface area (Å²) >= 11 is 0. The number of benzene rings is 2. The summed E-state index contributed by atoms with van der Waals surface area (Å²) in [6.45, 7) is 4.34. The number of methoxy groups -OCH3 is 1. The van der Waals surface area contributed by atoms with Gasteiger partial charge in [0, 0.05) is 12.8 Å². The predicted octanol–water partition coefficient (Wildman–Crippen LogP) is 4.03. The summed E-state index contributed by atoms with van der Waals surface area (Å²) in [4.78, 5) is 14.8. The third-order valence-electron chi connectivity index (χ3n) is 4.07. The SMILES string of the molecule is CCC(C)(OC)C(=O)N(Cc1ccccc1)c1ccccc1. The highest BCUT2D eigenvalue weighted by atomic mass is 16.5. The van der Waals surface area contributed by atoms with Crippen LogP contribution in [-0.2, 0) is 16.1 Å². The lowest BCUT2D eigenvalue weighted by Crippen LogP contribution is -2.48. The average molecular weight is 297 g/mol. The first kappa shape index (κ1) is 16.2. The largest absolute Gasteiger partial charge is 0.369 e. The molecule has 3 heteroatoms. The van der Waals surface area contributed by atoms with E-state index in [9.17, 15) is 4.79 Å². The van der Waals surface area contributed by atoms with Crippen molar-refractivity contribution in [3.05, 3.63) is 66.2 Å². The van der Waals surface area contributed by atoms with E-state index >= 15 is 0 Å². The molecule has 0 aliphatic heterocycles. The molecular weight excluding hydrogens is 274 g/mol. The lowest BCUT2D eigenvalue weighted by atomic mass is 10.00. The van der Waals surface area contributed by atoms with E-state index in [0.717, 1.165) is 11.3 Å². The van der Waals surface area contributed by atoms with Crippen molar-refractivity contribution in [3.63, 3.8) is 0 Å². The minimum atomic E-state index is -0.815. The number of anilines is 1. The summed E-state index contributed by atoms with van der Waals surface area (Å²) in [7, 11) is 1.59. The van der Waals surface area contributed by atoms with Crippen LogP contribution in [0.2, 0.25) is 0 Å². The lowest BCUT2D eigenvalue weighted by Gasteiger charge is -2.33. The fourth-order valence-corrected chi connectivity index (χ4v) is 2.32. The van der Waals surface area contributed by atoms with Gasteiger partial charge in [0.25, 0.3) is 5.91 Å². The molecule has 0 bridgehead atoms. The first-order valence-electron chi connectivity index (χ1n) is 7.57. The van der Waals surface area contributed by atoms with Gasteiger partial charge < -0.3 is 9.64 Å². The van der Waals surface area contributed by atoms with Gasteiger partial charge in [-0.05, 0) is 31.0 Å². The Morgan fingerprint density at radius 3 is 2.09 bits per heavy atom. The van der Waals surface area contributed by atoms with E-state index in [2.05, 4.69) is 0 Å². The summed E-state index contributed by atoms with van der Waals surface area (Å²) < 4.78 is 5.50. The van der Waals surface area contributed by atoms with Crippen molar-refractivity contribution in [2.24, 2.45) is 0 Å². The van der Waals surface area contributed by atoms with Crippen LogP contribution in [0, 0.1) is 0 Å². The van der Waals surface area contributed by atoms with Gasteiger partial charge in [-0.3, -0.25) is 4.79 Å². The second-order valence-electron chi connectivity index (χ2n) is 5.50. The number of hydrogen-bond donors (Lipinski definition) is 0. The molecule has 0 heterocycles. The number of hydrogen-bond acceptors (Lipinski definition) is 2. The monoisotopic (exact) mass is 297 g/mol. The molecule has 0 saturated heterocycles. The van der Waals surface area contributed by atoms with Gasteiger partial charge in [0.1, 0.15) is 5.60 Å². The van der Waals surface area contributed by atoms with E-state index in [-0.39, 0.29) is 5.91 Å². The van der Waals surface area contributed by atoms with Crippen molar-refractivity contribution in [2.75, 3.05) is 12.0 Å². The molecule has 2 aromatic carbocycles. The maximum atomic E-state index is 13.0. The highest BCUT2D eigenvalue weighted by Crippen LogP contribution is 2.24. The van der Waals surface area contributed by atoms with Crippen LogP contribution >= 0.6 is 0 Å². The number of carbonyl (C=O) groups is 1. The van der Waals surface area contributed by atoms with Gasteiger partial charge in [-0.1, -0.05) is 55.5 Å². The zero-order chi connectivity index (χ0) is 16.0. The van der Waals surface area contributed by atoms with E-state index < -0.39 is 5.60 Å². The van der Waals surface area contributed by atoms with E-state index in [1.165, 1.54) is 0 Å².